The van der Waals surface area contributed by atoms with E-state index < -0.39 is 61.5 Å². The van der Waals surface area contributed by atoms with Crippen LogP contribution < -0.4 is 9.21 Å². The Bertz CT molecular complexity index is 1920. The first-order valence-electron chi connectivity index (χ1n) is 15.6. The molecule has 0 spiro atoms. The van der Waals surface area contributed by atoms with E-state index in [2.05, 4.69) is 0 Å². The number of hydrogen-bond acceptors (Lipinski definition) is 6. The molecule has 0 radical (unpaired) electrons. The molecule has 1 saturated heterocycles. The highest BCUT2D eigenvalue weighted by atomic mass is 35.5. The van der Waals surface area contributed by atoms with Gasteiger partial charge in [-0.15, -0.1) is 0 Å². The molecule has 0 bridgehead atoms. The third kappa shape index (κ3) is 7.62. The minimum absolute atomic E-state index is 0.135. The van der Waals surface area contributed by atoms with Gasteiger partial charge < -0.3 is 9.64 Å². The van der Waals surface area contributed by atoms with Crippen LogP contribution >= 0.6 is 11.6 Å². The highest BCUT2D eigenvalue weighted by Crippen LogP contribution is 2.43. The summed E-state index contributed by atoms with van der Waals surface area (Å²) < 4.78 is 117. The molecule has 270 valence electrons. The fourth-order valence-corrected chi connectivity index (χ4v) is 7.86. The molecular weight excluding hydrogens is 708 g/mol. The zero-order valence-electron chi connectivity index (χ0n) is 27.9. The van der Waals surface area contributed by atoms with E-state index in [0.29, 0.717) is 30.4 Å². The minimum atomic E-state index is -4.80. The summed E-state index contributed by atoms with van der Waals surface area (Å²) in [5.41, 5.74) is -3.30. The number of halogens is 7. The zero-order valence-corrected chi connectivity index (χ0v) is 29.4. The van der Waals surface area contributed by atoms with Crippen molar-refractivity contribution in [3.63, 3.8) is 0 Å². The molecule has 3 aromatic rings. The number of sulfonamides is 1. The fourth-order valence-electron chi connectivity index (χ4n) is 6.07. The Morgan fingerprint density at radius 1 is 0.840 bits per heavy atom. The Kier molecular flexibility index (Phi) is 9.82. The Morgan fingerprint density at radius 3 is 2.16 bits per heavy atom. The standard InChI is InChI=1S/C35H36ClF6N3O4S/c1-32(2,3)49-31(46)33(4,5)43-16-17-44-24(20-43)21-45(50(47,48)25-9-6-8-23(19-25)34(37,38)39)30-18-22(13-15-29(30)44)12-14-26-27(35(40,41)42)10-7-11-28(26)36/h6-15,18-19,24H,16-17,20-21H2,1-5H3/b14-12+/t24-/m0/s1. The highest BCUT2D eigenvalue weighted by molar-refractivity contribution is 7.92. The number of piperazine rings is 1. The number of hydrogen-bond donors (Lipinski definition) is 0. The first-order valence-corrected chi connectivity index (χ1v) is 17.4. The van der Waals surface area contributed by atoms with Gasteiger partial charge in [-0.1, -0.05) is 42.0 Å². The van der Waals surface area contributed by atoms with E-state index in [1.54, 1.807) is 46.8 Å². The lowest BCUT2D eigenvalue weighted by Gasteiger charge is -2.52. The summed E-state index contributed by atoms with van der Waals surface area (Å²) in [6.07, 6.45) is -6.95. The van der Waals surface area contributed by atoms with E-state index in [1.165, 1.54) is 30.4 Å². The van der Waals surface area contributed by atoms with Gasteiger partial charge in [0.05, 0.1) is 40.0 Å². The summed E-state index contributed by atoms with van der Waals surface area (Å²) in [5, 5.41) is -0.141. The van der Waals surface area contributed by atoms with Gasteiger partial charge in [0.25, 0.3) is 10.0 Å². The van der Waals surface area contributed by atoms with E-state index in [9.17, 15) is 39.6 Å². The van der Waals surface area contributed by atoms with E-state index in [1.807, 2.05) is 9.80 Å². The molecule has 50 heavy (non-hydrogen) atoms. The van der Waals surface area contributed by atoms with Crippen molar-refractivity contribution in [1.29, 1.82) is 0 Å². The summed E-state index contributed by atoms with van der Waals surface area (Å²) in [5.74, 6) is -0.466. The minimum Gasteiger partial charge on any atom is -0.459 e. The number of fused-ring (bicyclic) bond motifs is 3. The molecule has 0 saturated carbocycles. The van der Waals surface area contributed by atoms with Crippen LogP contribution in [0.5, 0.6) is 0 Å². The summed E-state index contributed by atoms with van der Waals surface area (Å²) >= 11 is 6.13. The molecule has 15 heteroatoms. The summed E-state index contributed by atoms with van der Waals surface area (Å²) in [6.45, 7) is 9.47. The van der Waals surface area contributed by atoms with Gasteiger partial charge in [-0.05, 0) is 82.6 Å². The van der Waals surface area contributed by atoms with Crippen LogP contribution in [-0.2, 0) is 31.9 Å². The Balaban J connectivity index is 1.58. The van der Waals surface area contributed by atoms with Crippen molar-refractivity contribution >= 4 is 51.1 Å². The topological polar surface area (TPSA) is 70.2 Å². The number of rotatable bonds is 6. The van der Waals surface area contributed by atoms with E-state index in [-0.39, 0.29) is 29.4 Å². The predicted molar refractivity (Wildman–Crippen MR) is 180 cm³/mol. The molecule has 0 unspecified atom stereocenters. The Hall–Kier alpha value is -3.75. The van der Waals surface area contributed by atoms with Crippen LogP contribution in [0.2, 0.25) is 5.02 Å². The summed E-state index contributed by atoms with van der Waals surface area (Å²) in [6, 6.07) is 11.0. The van der Waals surface area contributed by atoms with Crippen LogP contribution in [0.25, 0.3) is 12.2 Å². The van der Waals surface area contributed by atoms with Gasteiger partial charge in [0.1, 0.15) is 11.1 Å². The van der Waals surface area contributed by atoms with E-state index >= 15 is 0 Å². The van der Waals surface area contributed by atoms with Crippen molar-refractivity contribution in [2.24, 2.45) is 0 Å². The van der Waals surface area contributed by atoms with Crippen LogP contribution in [0.1, 0.15) is 56.9 Å². The Labute approximate surface area is 292 Å². The zero-order chi connectivity index (χ0) is 37.0. The van der Waals surface area contributed by atoms with E-state index in [0.717, 1.165) is 28.6 Å². The number of alkyl halides is 6. The van der Waals surface area contributed by atoms with Gasteiger partial charge >= 0.3 is 18.3 Å². The van der Waals surface area contributed by atoms with Crippen molar-refractivity contribution < 1.29 is 44.3 Å². The SMILES string of the molecule is CC(C)(C)OC(=O)C(C)(C)N1CCN2c3ccc(/C=C/c4c(Cl)cccc4C(F)(F)F)cc3N(S(=O)(=O)c3cccc(C(F)(F)F)c3)C[C@@H]2C1. The lowest BCUT2D eigenvalue weighted by atomic mass is 9.97. The summed E-state index contributed by atoms with van der Waals surface area (Å²) in [4.78, 5) is 16.5. The van der Waals surface area contributed by atoms with Crippen molar-refractivity contribution in [2.45, 2.75) is 69.0 Å². The molecule has 2 aliphatic heterocycles. The molecule has 0 N–H and O–H groups in total. The monoisotopic (exact) mass is 743 g/mol. The molecule has 7 nitrogen and oxygen atoms in total. The molecule has 2 aliphatic rings. The van der Waals surface area contributed by atoms with Crippen LogP contribution in [0.4, 0.5) is 37.7 Å². The third-order valence-corrected chi connectivity index (χ3v) is 10.8. The molecule has 3 aromatic carbocycles. The number of carbonyl (C=O) groups excluding carboxylic acids is 1. The second-order valence-corrected chi connectivity index (χ2v) is 16.0. The predicted octanol–water partition coefficient (Wildman–Crippen LogP) is 8.37. The lowest BCUT2D eigenvalue weighted by molar-refractivity contribution is -0.168. The number of carbonyl (C=O) groups is 1. The van der Waals surface area contributed by atoms with Gasteiger partial charge in [-0.2, -0.15) is 26.3 Å². The molecule has 2 heterocycles. The molecule has 1 fully saturated rings. The normalized spacial score (nSPS) is 17.9. The van der Waals surface area contributed by atoms with Gasteiger partial charge in [0.2, 0.25) is 0 Å². The number of nitrogens with zero attached hydrogens (tertiary/aromatic N) is 3. The van der Waals surface area contributed by atoms with Crippen LogP contribution in [0, 0.1) is 0 Å². The number of benzene rings is 3. The maximum atomic E-state index is 14.2. The third-order valence-electron chi connectivity index (χ3n) is 8.68. The first kappa shape index (κ1) is 37.5. The molecular formula is C35H36ClF6N3O4S. The van der Waals surface area contributed by atoms with Crippen LogP contribution in [0.15, 0.2) is 65.6 Å². The average molecular weight is 744 g/mol. The van der Waals surface area contributed by atoms with E-state index in [4.69, 9.17) is 16.3 Å². The Morgan fingerprint density at radius 2 is 1.52 bits per heavy atom. The number of esters is 1. The van der Waals surface area contributed by atoms with Gasteiger partial charge in [-0.3, -0.25) is 14.0 Å². The quantitative estimate of drug-likeness (QED) is 0.144. The molecule has 1 atom stereocenters. The molecule has 0 amide bonds. The van der Waals surface area contributed by atoms with Crippen molar-refractivity contribution in [3.8, 4) is 0 Å². The van der Waals surface area contributed by atoms with Gasteiger partial charge in [0, 0.05) is 30.2 Å². The molecule has 0 aromatic heterocycles. The summed E-state index contributed by atoms with van der Waals surface area (Å²) in [7, 11) is -4.62. The number of anilines is 2. The highest BCUT2D eigenvalue weighted by Gasteiger charge is 2.46. The van der Waals surface area contributed by atoms with Crippen molar-refractivity contribution in [2.75, 3.05) is 35.4 Å². The van der Waals surface area contributed by atoms with Gasteiger partial charge in [0.15, 0.2) is 0 Å². The molecule has 5 rings (SSSR count). The maximum Gasteiger partial charge on any atom is 0.417 e. The van der Waals surface area contributed by atoms with Crippen LogP contribution in [0.3, 0.4) is 0 Å². The maximum absolute atomic E-state index is 14.2. The smallest absolute Gasteiger partial charge is 0.417 e. The molecule has 0 aliphatic carbocycles. The average Bonchev–Trinajstić information content (AvgIpc) is 3.01. The van der Waals surface area contributed by atoms with Crippen molar-refractivity contribution in [3.05, 3.63) is 87.9 Å². The first-order chi connectivity index (χ1) is 23.0. The second kappa shape index (κ2) is 13.1. The second-order valence-electron chi connectivity index (χ2n) is 13.7. The largest absolute Gasteiger partial charge is 0.459 e. The van der Waals surface area contributed by atoms with Crippen LogP contribution in [-0.4, -0.2) is 62.6 Å². The number of ether oxygens (including phenoxy) is 1. The van der Waals surface area contributed by atoms with Crippen molar-refractivity contribution in [1.82, 2.24) is 4.90 Å². The lowest BCUT2D eigenvalue weighted by Crippen LogP contribution is -2.66. The fraction of sp³-hybridized carbons (Fsp3) is 0.400. The van der Waals surface area contributed by atoms with Gasteiger partial charge in [-0.25, -0.2) is 8.42 Å².